The van der Waals surface area contributed by atoms with Crippen molar-refractivity contribution >= 4 is 15.7 Å². The molecule has 0 aliphatic carbocycles. The molecule has 8 nitrogen and oxygen atoms in total. The van der Waals surface area contributed by atoms with E-state index in [2.05, 4.69) is 19.7 Å². The number of nitrogens with one attached hydrogen (secondary N) is 1. The summed E-state index contributed by atoms with van der Waals surface area (Å²) in [7, 11) is -4.23. The predicted molar refractivity (Wildman–Crippen MR) is 108 cm³/mol. The maximum Gasteiger partial charge on any atom is 0.264 e. The van der Waals surface area contributed by atoms with E-state index in [1.807, 2.05) is 0 Å². The van der Waals surface area contributed by atoms with Crippen LogP contribution in [0.4, 0.5) is 14.5 Å². The number of anilines is 1. The number of hydrogen-bond acceptors (Lipinski definition) is 6. The van der Waals surface area contributed by atoms with Crippen LogP contribution >= 0.6 is 0 Å². The average molecular weight is 443 g/mol. The van der Waals surface area contributed by atoms with Crippen molar-refractivity contribution in [3.05, 3.63) is 84.7 Å². The second-order valence-electron chi connectivity index (χ2n) is 6.39. The summed E-state index contributed by atoms with van der Waals surface area (Å²) in [5, 5.41) is 0. The Kier molecular flexibility index (Phi) is 5.34. The van der Waals surface area contributed by atoms with Crippen molar-refractivity contribution in [2.45, 2.75) is 11.8 Å². The molecule has 0 aliphatic rings. The van der Waals surface area contributed by atoms with Crippen molar-refractivity contribution < 1.29 is 21.9 Å². The maximum atomic E-state index is 13.8. The van der Waals surface area contributed by atoms with Crippen LogP contribution in [0.15, 0.2) is 72.1 Å². The average Bonchev–Trinajstić information content (AvgIpc) is 3.23. The first-order valence-electron chi connectivity index (χ1n) is 8.90. The minimum atomic E-state index is -4.23. The predicted octanol–water partition coefficient (Wildman–Crippen LogP) is 3.84. The maximum absolute atomic E-state index is 13.8. The van der Waals surface area contributed by atoms with Gasteiger partial charge in [0, 0.05) is 30.2 Å². The molecule has 2 heterocycles. The van der Waals surface area contributed by atoms with E-state index in [4.69, 9.17) is 4.74 Å². The van der Waals surface area contributed by atoms with E-state index in [-0.39, 0.29) is 11.6 Å². The summed E-state index contributed by atoms with van der Waals surface area (Å²) in [6.45, 7) is 1.72. The molecule has 0 atom stereocenters. The molecule has 0 aliphatic heterocycles. The summed E-state index contributed by atoms with van der Waals surface area (Å²) in [4.78, 5) is 11.9. The van der Waals surface area contributed by atoms with Gasteiger partial charge in [0.15, 0.2) is 0 Å². The highest BCUT2D eigenvalue weighted by atomic mass is 32.2. The number of ether oxygens (including phenoxy) is 1. The summed E-state index contributed by atoms with van der Waals surface area (Å²) in [5.41, 5.74) is 0.175. The van der Waals surface area contributed by atoms with Crippen LogP contribution < -0.4 is 9.46 Å². The number of halogens is 2. The van der Waals surface area contributed by atoms with Gasteiger partial charge in [0.1, 0.15) is 40.2 Å². The van der Waals surface area contributed by atoms with Crippen molar-refractivity contribution in [2.24, 2.45) is 0 Å². The molecule has 11 heteroatoms. The highest BCUT2D eigenvalue weighted by molar-refractivity contribution is 7.92. The third kappa shape index (κ3) is 4.67. The lowest BCUT2D eigenvalue weighted by molar-refractivity contribution is 0.459. The van der Waals surface area contributed by atoms with Crippen LogP contribution in [0.3, 0.4) is 0 Å². The van der Waals surface area contributed by atoms with Crippen LogP contribution in [0.1, 0.15) is 5.82 Å². The second-order valence-corrected chi connectivity index (χ2v) is 8.04. The van der Waals surface area contributed by atoms with E-state index < -0.39 is 26.6 Å². The summed E-state index contributed by atoms with van der Waals surface area (Å²) >= 11 is 0. The molecule has 0 saturated carbocycles. The molecule has 0 unspecified atom stereocenters. The highest BCUT2D eigenvalue weighted by Gasteiger charge is 2.19. The zero-order valence-corrected chi connectivity index (χ0v) is 16.8. The van der Waals surface area contributed by atoms with Gasteiger partial charge in [0.05, 0.1) is 0 Å². The van der Waals surface area contributed by atoms with Crippen LogP contribution in [0.25, 0.3) is 5.82 Å². The standard InChI is InChI=1S/C20H15F2N5O3S/c1-13-24-19(27-9-8-23-12-27)11-20(25-13)30-16-5-3-15(4-6-16)26-31(28,29)18-7-2-14(21)10-17(18)22/h2-12,26H,1H3. The zero-order valence-electron chi connectivity index (χ0n) is 16.0. The van der Waals surface area contributed by atoms with Gasteiger partial charge < -0.3 is 4.74 Å². The Morgan fingerprint density at radius 3 is 2.48 bits per heavy atom. The fourth-order valence-corrected chi connectivity index (χ4v) is 3.84. The van der Waals surface area contributed by atoms with Gasteiger partial charge in [0.25, 0.3) is 10.0 Å². The number of hydrogen-bond donors (Lipinski definition) is 1. The lowest BCUT2D eigenvalue weighted by Gasteiger charge is -2.11. The lowest BCUT2D eigenvalue weighted by atomic mass is 10.3. The molecule has 31 heavy (non-hydrogen) atoms. The number of nitrogens with zero attached hydrogens (tertiary/aromatic N) is 4. The largest absolute Gasteiger partial charge is 0.439 e. The molecule has 4 rings (SSSR count). The number of rotatable bonds is 6. The molecular weight excluding hydrogens is 428 g/mol. The molecule has 158 valence electrons. The topological polar surface area (TPSA) is 99.0 Å². The normalized spacial score (nSPS) is 11.3. The first-order chi connectivity index (χ1) is 14.8. The van der Waals surface area contributed by atoms with Crippen LogP contribution in [-0.2, 0) is 10.0 Å². The minimum Gasteiger partial charge on any atom is -0.439 e. The second kappa shape index (κ2) is 8.11. The first-order valence-corrected chi connectivity index (χ1v) is 10.4. The molecule has 0 amide bonds. The van der Waals surface area contributed by atoms with Crippen LogP contribution in [0.2, 0.25) is 0 Å². The Morgan fingerprint density at radius 2 is 1.81 bits per heavy atom. The molecule has 4 aromatic rings. The third-order valence-corrected chi connectivity index (χ3v) is 5.50. The monoisotopic (exact) mass is 443 g/mol. The molecule has 2 aromatic carbocycles. The van der Waals surface area contributed by atoms with Gasteiger partial charge in [-0.05, 0) is 43.3 Å². The molecule has 0 spiro atoms. The summed E-state index contributed by atoms with van der Waals surface area (Å²) in [6.07, 6.45) is 4.95. The summed E-state index contributed by atoms with van der Waals surface area (Å²) in [6, 6.07) is 9.80. The molecular formula is C20H15F2N5O3S. The molecule has 0 fully saturated rings. The number of aryl methyl sites for hydroxylation is 1. The van der Waals surface area contributed by atoms with E-state index in [1.165, 1.54) is 24.3 Å². The van der Waals surface area contributed by atoms with E-state index in [9.17, 15) is 17.2 Å². The molecule has 0 radical (unpaired) electrons. The fourth-order valence-electron chi connectivity index (χ4n) is 2.72. The van der Waals surface area contributed by atoms with E-state index >= 15 is 0 Å². The quantitative estimate of drug-likeness (QED) is 0.486. The Bertz CT molecular complexity index is 1330. The summed E-state index contributed by atoms with van der Waals surface area (Å²) < 4.78 is 61.3. The zero-order chi connectivity index (χ0) is 22.0. The van der Waals surface area contributed by atoms with E-state index in [1.54, 1.807) is 36.3 Å². The highest BCUT2D eigenvalue weighted by Crippen LogP contribution is 2.25. The Labute approximate surface area is 176 Å². The van der Waals surface area contributed by atoms with Gasteiger partial charge in [-0.1, -0.05) is 0 Å². The Balaban J connectivity index is 1.51. The van der Waals surface area contributed by atoms with Crippen LogP contribution in [0.5, 0.6) is 11.6 Å². The van der Waals surface area contributed by atoms with Gasteiger partial charge in [-0.15, -0.1) is 0 Å². The number of aromatic nitrogens is 4. The van der Waals surface area contributed by atoms with E-state index in [0.717, 1.165) is 12.1 Å². The molecule has 0 bridgehead atoms. The molecule has 2 aromatic heterocycles. The van der Waals surface area contributed by atoms with Gasteiger partial charge in [-0.3, -0.25) is 9.29 Å². The van der Waals surface area contributed by atoms with Crippen molar-refractivity contribution in [2.75, 3.05) is 4.72 Å². The summed E-state index contributed by atoms with van der Waals surface area (Å²) in [5.74, 6) is -0.296. The molecule has 0 saturated heterocycles. The number of imidazole rings is 1. The van der Waals surface area contributed by atoms with Crippen molar-refractivity contribution in [1.82, 2.24) is 19.5 Å². The van der Waals surface area contributed by atoms with Gasteiger partial charge in [-0.2, -0.15) is 4.98 Å². The third-order valence-electron chi connectivity index (χ3n) is 4.08. The minimum absolute atomic E-state index is 0.175. The number of benzene rings is 2. The lowest BCUT2D eigenvalue weighted by Crippen LogP contribution is -2.14. The van der Waals surface area contributed by atoms with Crippen LogP contribution in [0, 0.1) is 18.6 Å². The fraction of sp³-hybridized carbons (Fsp3) is 0.0500. The van der Waals surface area contributed by atoms with Gasteiger partial charge in [0.2, 0.25) is 5.88 Å². The van der Waals surface area contributed by atoms with Crippen molar-refractivity contribution in [3.63, 3.8) is 0 Å². The van der Waals surface area contributed by atoms with E-state index in [0.29, 0.717) is 23.5 Å². The Hall–Kier alpha value is -3.86. The van der Waals surface area contributed by atoms with Crippen LogP contribution in [-0.4, -0.2) is 27.9 Å². The Morgan fingerprint density at radius 1 is 1.03 bits per heavy atom. The number of sulfonamides is 1. The van der Waals surface area contributed by atoms with Crippen molar-refractivity contribution in [3.8, 4) is 17.4 Å². The van der Waals surface area contributed by atoms with Gasteiger partial charge in [-0.25, -0.2) is 27.2 Å². The van der Waals surface area contributed by atoms with Gasteiger partial charge >= 0.3 is 0 Å². The first kappa shape index (κ1) is 20.4. The smallest absolute Gasteiger partial charge is 0.264 e. The molecule has 1 N–H and O–H groups in total. The van der Waals surface area contributed by atoms with Crippen molar-refractivity contribution in [1.29, 1.82) is 0 Å². The SMILES string of the molecule is Cc1nc(Oc2ccc(NS(=O)(=O)c3ccc(F)cc3F)cc2)cc(-n2ccnc2)n1.